The Labute approximate surface area is 123 Å². The van der Waals surface area contributed by atoms with Gasteiger partial charge in [-0.2, -0.15) is 0 Å². The van der Waals surface area contributed by atoms with Crippen LogP contribution in [0.15, 0.2) is 22.7 Å². The molecule has 19 heavy (non-hydrogen) atoms. The van der Waals surface area contributed by atoms with E-state index in [4.69, 9.17) is 9.84 Å². The topological polar surface area (TPSA) is 53.5 Å². The first-order chi connectivity index (χ1) is 9.13. The van der Waals surface area contributed by atoms with Crippen LogP contribution in [0.1, 0.15) is 19.4 Å². The number of aliphatic hydroxyl groups is 1. The van der Waals surface area contributed by atoms with E-state index in [1.165, 1.54) is 0 Å². The molecule has 0 unspecified atom stereocenters. The van der Waals surface area contributed by atoms with Gasteiger partial charge in [-0.05, 0) is 32.0 Å². The van der Waals surface area contributed by atoms with Gasteiger partial charge in [0.15, 0.2) is 0 Å². The summed E-state index contributed by atoms with van der Waals surface area (Å²) in [4.78, 5) is 0. The Morgan fingerprint density at radius 3 is 2.63 bits per heavy atom. The van der Waals surface area contributed by atoms with Crippen LogP contribution in [-0.2, 0) is 6.54 Å². The lowest BCUT2D eigenvalue weighted by molar-refractivity contribution is 0.239. The second-order valence-electron chi connectivity index (χ2n) is 4.57. The van der Waals surface area contributed by atoms with Crippen LogP contribution in [0.4, 0.5) is 0 Å². The third kappa shape index (κ3) is 6.92. The van der Waals surface area contributed by atoms with Crippen molar-refractivity contribution >= 4 is 15.9 Å². The van der Waals surface area contributed by atoms with Gasteiger partial charge in [0.05, 0.1) is 12.7 Å². The van der Waals surface area contributed by atoms with Crippen LogP contribution < -0.4 is 15.4 Å². The Kier molecular flexibility index (Phi) is 8.05. The van der Waals surface area contributed by atoms with Crippen molar-refractivity contribution in [3.05, 3.63) is 28.2 Å². The highest BCUT2D eigenvalue weighted by atomic mass is 79.9. The van der Waals surface area contributed by atoms with Gasteiger partial charge in [0.25, 0.3) is 0 Å². The van der Waals surface area contributed by atoms with E-state index in [1.807, 2.05) is 26.0 Å². The third-order valence-electron chi connectivity index (χ3n) is 2.47. The number of hydrogen-bond donors (Lipinski definition) is 3. The smallest absolute Gasteiger partial charge is 0.124 e. The molecular formula is C14H23BrN2O2. The lowest BCUT2D eigenvalue weighted by atomic mass is 10.2. The lowest BCUT2D eigenvalue weighted by Crippen LogP contribution is -2.29. The number of halogens is 1. The van der Waals surface area contributed by atoms with Crippen molar-refractivity contribution in [3.8, 4) is 5.75 Å². The molecule has 1 rings (SSSR count). The zero-order valence-corrected chi connectivity index (χ0v) is 13.2. The van der Waals surface area contributed by atoms with Gasteiger partial charge in [-0.1, -0.05) is 15.9 Å². The minimum absolute atomic E-state index is 0.172. The van der Waals surface area contributed by atoms with Crippen molar-refractivity contribution in [2.45, 2.75) is 26.5 Å². The summed E-state index contributed by atoms with van der Waals surface area (Å²) in [6.07, 6.45) is 0.172. The van der Waals surface area contributed by atoms with Crippen molar-refractivity contribution in [2.24, 2.45) is 0 Å². The quantitative estimate of drug-likeness (QED) is 0.605. The van der Waals surface area contributed by atoms with Crippen LogP contribution in [0.5, 0.6) is 5.75 Å². The van der Waals surface area contributed by atoms with Crippen LogP contribution >= 0.6 is 15.9 Å². The van der Waals surface area contributed by atoms with E-state index in [9.17, 15) is 0 Å². The summed E-state index contributed by atoms with van der Waals surface area (Å²) >= 11 is 3.48. The minimum atomic E-state index is 0.172. The van der Waals surface area contributed by atoms with Crippen LogP contribution in [0.25, 0.3) is 0 Å². The monoisotopic (exact) mass is 330 g/mol. The maximum atomic E-state index is 8.65. The average Bonchev–Trinajstić information content (AvgIpc) is 2.36. The molecule has 4 nitrogen and oxygen atoms in total. The minimum Gasteiger partial charge on any atom is -0.491 e. The third-order valence-corrected chi connectivity index (χ3v) is 2.96. The molecule has 0 saturated carbocycles. The lowest BCUT2D eigenvalue weighted by Gasteiger charge is -2.15. The second-order valence-corrected chi connectivity index (χ2v) is 5.48. The fourth-order valence-corrected chi connectivity index (χ4v) is 2.07. The molecule has 0 aliphatic heterocycles. The normalized spacial score (nSPS) is 11.0. The summed E-state index contributed by atoms with van der Waals surface area (Å²) in [7, 11) is 0. The van der Waals surface area contributed by atoms with E-state index >= 15 is 0 Å². The first kappa shape index (κ1) is 16.4. The van der Waals surface area contributed by atoms with E-state index in [1.54, 1.807) is 0 Å². The molecule has 0 atom stereocenters. The second kappa shape index (κ2) is 9.31. The highest BCUT2D eigenvalue weighted by Gasteiger charge is 2.06. The number of rotatable bonds is 9. The average molecular weight is 331 g/mol. The van der Waals surface area contributed by atoms with E-state index in [0.29, 0.717) is 6.54 Å². The molecular weight excluding hydrogens is 308 g/mol. The van der Waals surface area contributed by atoms with Gasteiger partial charge < -0.3 is 20.5 Å². The molecule has 5 heteroatoms. The molecule has 0 saturated heterocycles. The number of aliphatic hydroxyl groups excluding tert-OH is 1. The zero-order chi connectivity index (χ0) is 14.1. The van der Waals surface area contributed by atoms with E-state index in [-0.39, 0.29) is 12.7 Å². The highest BCUT2D eigenvalue weighted by molar-refractivity contribution is 9.10. The first-order valence-electron chi connectivity index (χ1n) is 6.61. The van der Waals surface area contributed by atoms with Gasteiger partial charge in [0.1, 0.15) is 5.75 Å². The predicted molar refractivity (Wildman–Crippen MR) is 81.6 cm³/mol. The number of ether oxygens (including phenoxy) is 1. The summed E-state index contributed by atoms with van der Waals surface area (Å²) < 4.78 is 6.84. The maximum Gasteiger partial charge on any atom is 0.124 e. The van der Waals surface area contributed by atoms with Crippen LogP contribution in [0.2, 0.25) is 0 Å². The van der Waals surface area contributed by atoms with Crippen molar-refractivity contribution in [2.75, 3.05) is 26.2 Å². The fraction of sp³-hybridized carbons (Fsp3) is 0.571. The van der Waals surface area contributed by atoms with Crippen molar-refractivity contribution < 1.29 is 9.84 Å². The van der Waals surface area contributed by atoms with Crippen molar-refractivity contribution in [1.82, 2.24) is 10.6 Å². The van der Waals surface area contributed by atoms with Crippen molar-refractivity contribution in [3.63, 3.8) is 0 Å². The van der Waals surface area contributed by atoms with Gasteiger partial charge in [-0.15, -0.1) is 0 Å². The first-order valence-corrected chi connectivity index (χ1v) is 7.40. The zero-order valence-electron chi connectivity index (χ0n) is 11.6. The number of hydrogen-bond acceptors (Lipinski definition) is 4. The fourth-order valence-electron chi connectivity index (χ4n) is 1.66. The molecule has 0 bridgehead atoms. The largest absolute Gasteiger partial charge is 0.491 e. The SMILES string of the molecule is CC(C)Oc1ccc(Br)cc1CNCCNCCO. The number of nitrogens with one attached hydrogen (secondary N) is 2. The van der Waals surface area contributed by atoms with Crippen LogP contribution in [0.3, 0.4) is 0 Å². The summed E-state index contributed by atoms with van der Waals surface area (Å²) in [6, 6.07) is 6.06. The molecule has 1 aromatic carbocycles. The molecule has 1 aromatic rings. The van der Waals surface area contributed by atoms with Crippen LogP contribution in [-0.4, -0.2) is 37.5 Å². The highest BCUT2D eigenvalue weighted by Crippen LogP contribution is 2.24. The number of benzene rings is 1. The molecule has 0 aliphatic carbocycles. The van der Waals surface area contributed by atoms with E-state index in [0.717, 1.165) is 35.4 Å². The van der Waals surface area contributed by atoms with Crippen LogP contribution in [0, 0.1) is 0 Å². The van der Waals surface area contributed by atoms with Gasteiger partial charge in [-0.25, -0.2) is 0 Å². The van der Waals surface area contributed by atoms with Crippen molar-refractivity contribution in [1.29, 1.82) is 0 Å². The summed E-state index contributed by atoms with van der Waals surface area (Å²) in [5, 5.41) is 15.1. The van der Waals surface area contributed by atoms with Gasteiger partial charge in [0, 0.05) is 36.2 Å². The molecule has 0 amide bonds. The Morgan fingerprint density at radius 2 is 1.95 bits per heavy atom. The molecule has 0 aliphatic rings. The Morgan fingerprint density at radius 1 is 1.21 bits per heavy atom. The molecule has 0 radical (unpaired) electrons. The van der Waals surface area contributed by atoms with E-state index < -0.39 is 0 Å². The molecule has 0 fully saturated rings. The standard InChI is InChI=1S/C14H23BrN2O2/c1-11(2)19-14-4-3-13(15)9-12(14)10-17-6-5-16-7-8-18/h3-4,9,11,16-18H,5-8,10H2,1-2H3. The molecule has 3 N–H and O–H groups in total. The maximum absolute atomic E-state index is 8.65. The molecule has 108 valence electrons. The van der Waals surface area contributed by atoms with E-state index in [2.05, 4.69) is 32.6 Å². The molecule has 0 spiro atoms. The van der Waals surface area contributed by atoms with Gasteiger partial charge in [0.2, 0.25) is 0 Å². The molecule has 0 aromatic heterocycles. The van der Waals surface area contributed by atoms with Gasteiger partial charge in [-0.3, -0.25) is 0 Å². The molecule has 0 heterocycles. The summed E-state index contributed by atoms with van der Waals surface area (Å²) in [5.74, 6) is 0.925. The summed E-state index contributed by atoms with van der Waals surface area (Å²) in [5.41, 5.74) is 1.14. The Balaban J connectivity index is 2.44. The summed E-state index contributed by atoms with van der Waals surface area (Å²) in [6.45, 7) is 7.33. The van der Waals surface area contributed by atoms with Gasteiger partial charge >= 0.3 is 0 Å². The predicted octanol–water partition coefficient (Wildman–Crippen LogP) is 1.91. The Bertz CT molecular complexity index is 372. The Hall–Kier alpha value is -0.620.